The number of nitrogens with zero attached hydrogens (tertiary/aromatic N) is 2. The van der Waals surface area contributed by atoms with Crippen LogP contribution in [0, 0.1) is 0 Å². The van der Waals surface area contributed by atoms with Gasteiger partial charge in [0.2, 0.25) is 0 Å². The number of hydrogen-bond donors (Lipinski definition) is 1. The molecule has 6 nitrogen and oxygen atoms in total. The predicted octanol–water partition coefficient (Wildman–Crippen LogP) is 5.93. The van der Waals surface area contributed by atoms with Crippen LogP contribution in [0.4, 0.5) is 16.2 Å². The largest absolute Gasteiger partial charge is 0.333 e. The van der Waals surface area contributed by atoms with Gasteiger partial charge in [0, 0.05) is 18.1 Å². The molecule has 0 radical (unpaired) electrons. The number of anilines is 2. The van der Waals surface area contributed by atoms with Crippen molar-refractivity contribution in [2.75, 3.05) is 4.31 Å². The van der Waals surface area contributed by atoms with Crippen LogP contribution >= 0.6 is 0 Å². The number of amides is 1. The number of hydrogen-bond acceptors (Lipinski definition) is 3. The number of carbonyl (C=O) groups is 1. The zero-order valence-electron chi connectivity index (χ0n) is 18.8. The molecule has 0 aliphatic carbocycles. The number of aromatic nitrogens is 1. The van der Waals surface area contributed by atoms with Gasteiger partial charge in [-0.2, -0.15) is 0 Å². The first kappa shape index (κ1) is 22.4. The molecule has 4 aromatic carbocycles. The standard InChI is InChI=1S/C28H23N3O3S/c32-28(30-20-19-23-9-7-8-14-27(23)30)29-21-22-15-17-26(18-16-22)35(33,34)31(24-10-3-1-4-11-24)25-12-5-2-6-13-25/h1-20H,21H2,(H,29,32). The Balaban J connectivity index is 1.36. The lowest BCUT2D eigenvalue weighted by molar-refractivity contribution is 0.243. The van der Waals surface area contributed by atoms with Crippen LogP contribution in [-0.4, -0.2) is 19.0 Å². The molecule has 0 saturated carbocycles. The van der Waals surface area contributed by atoms with Crippen LogP contribution in [0.25, 0.3) is 10.9 Å². The predicted molar refractivity (Wildman–Crippen MR) is 138 cm³/mol. The van der Waals surface area contributed by atoms with Crippen molar-refractivity contribution in [2.45, 2.75) is 11.4 Å². The summed E-state index contributed by atoms with van der Waals surface area (Å²) in [6.07, 6.45) is 1.73. The van der Waals surface area contributed by atoms with Crippen LogP contribution in [0.3, 0.4) is 0 Å². The Morgan fingerprint density at radius 2 is 1.29 bits per heavy atom. The van der Waals surface area contributed by atoms with E-state index in [4.69, 9.17) is 0 Å². The Morgan fingerprint density at radius 1 is 0.714 bits per heavy atom. The van der Waals surface area contributed by atoms with Gasteiger partial charge < -0.3 is 5.32 Å². The molecule has 0 spiro atoms. The van der Waals surface area contributed by atoms with E-state index in [-0.39, 0.29) is 17.5 Å². The minimum absolute atomic E-state index is 0.164. The minimum atomic E-state index is -3.87. The van der Waals surface area contributed by atoms with Crippen molar-refractivity contribution in [3.05, 3.63) is 127 Å². The summed E-state index contributed by atoms with van der Waals surface area (Å²) in [5.74, 6) is 0. The molecule has 0 saturated heterocycles. The van der Waals surface area contributed by atoms with Gasteiger partial charge in [-0.1, -0.05) is 66.7 Å². The van der Waals surface area contributed by atoms with Gasteiger partial charge in [0.15, 0.2) is 0 Å². The summed E-state index contributed by atoms with van der Waals surface area (Å²) in [5, 5.41) is 3.88. The van der Waals surface area contributed by atoms with E-state index in [0.717, 1.165) is 16.5 Å². The number of nitrogens with one attached hydrogen (secondary N) is 1. The van der Waals surface area contributed by atoms with Crippen LogP contribution in [-0.2, 0) is 16.6 Å². The maximum Gasteiger partial charge on any atom is 0.326 e. The van der Waals surface area contributed by atoms with Crippen molar-refractivity contribution in [3.63, 3.8) is 0 Å². The lowest BCUT2D eigenvalue weighted by atomic mass is 10.2. The number of para-hydroxylation sites is 3. The molecule has 174 valence electrons. The molecule has 0 atom stereocenters. The third kappa shape index (κ3) is 4.54. The first-order valence-electron chi connectivity index (χ1n) is 11.1. The smallest absolute Gasteiger partial charge is 0.326 e. The highest BCUT2D eigenvalue weighted by Crippen LogP contribution is 2.32. The Hall–Kier alpha value is -4.36. The van der Waals surface area contributed by atoms with Crippen molar-refractivity contribution in [1.29, 1.82) is 0 Å². The third-order valence-electron chi connectivity index (χ3n) is 5.70. The summed E-state index contributed by atoms with van der Waals surface area (Å²) >= 11 is 0. The lowest BCUT2D eigenvalue weighted by Gasteiger charge is -2.24. The van der Waals surface area contributed by atoms with Crippen LogP contribution < -0.4 is 9.62 Å². The Bertz CT molecular complexity index is 1520. The second-order valence-electron chi connectivity index (χ2n) is 7.99. The molecule has 0 unspecified atom stereocenters. The molecule has 1 amide bonds. The van der Waals surface area contributed by atoms with E-state index in [1.165, 1.54) is 4.31 Å². The monoisotopic (exact) mass is 481 g/mol. The van der Waals surface area contributed by atoms with Crippen molar-refractivity contribution in [3.8, 4) is 0 Å². The molecule has 0 aliphatic heterocycles. The maximum absolute atomic E-state index is 13.6. The van der Waals surface area contributed by atoms with Gasteiger partial charge in [-0.05, 0) is 54.1 Å². The zero-order valence-corrected chi connectivity index (χ0v) is 19.6. The SMILES string of the molecule is O=C(NCc1ccc(S(=O)(=O)N(c2ccccc2)c2ccccc2)cc1)n1ccc2ccccc21. The van der Waals surface area contributed by atoms with Gasteiger partial charge in [-0.15, -0.1) is 0 Å². The number of fused-ring (bicyclic) bond motifs is 1. The van der Waals surface area contributed by atoms with Gasteiger partial charge in [-0.3, -0.25) is 4.57 Å². The van der Waals surface area contributed by atoms with E-state index < -0.39 is 10.0 Å². The molecule has 5 rings (SSSR count). The molecule has 0 bridgehead atoms. The topological polar surface area (TPSA) is 71.4 Å². The molecule has 35 heavy (non-hydrogen) atoms. The van der Waals surface area contributed by atoms with E-state index in [9.17, 15) is 13.2 Å². The Kier molecular flexibility index (Phi) is 6.08. The van der Waals surface area contributed by atoms with Crippen molar-refractivity contribution < 1.29 is 13.2 Å². The van der Waals surface area contributed by atoms with E-state index in [1.807, 2.05) is 42.5 Å². The molecule has 0 fully saturated rings. The first-order valence-corrected chi connectivity index (χ1v) is 12.6. The highest BCUT2D eigenvalue weighted by molar-refractivity contribution is 7.93. The van der Waals surface area contributed by atoms with E-state index in [0.29, 0.717) is 11.4 Å². The summed E-state index contributed by atoms with van der Waals surface area (Å²) in [4.78, 5) is 12.8. The van der Waals surface area contributed by atoms with Gasteiger partial charge in [0.05, 0.1) is 21.8 Å². The van der Waals surface area contributed by atoms with E-state index in [2.05, 4.69) is 5.32 Å². The number of benzene rings is 4. The average Bonchev–Trinajstić information content (AvgIpc) is 3.33. The summed E-state index contributed by atoms with van der Waals surface area (Å²) in [6, 6.07) is 33.8. The number of carbonyl (C=O) groups excluding carboxylic acids is 1. The molecule has 1 heterocycles. The fraction of sp³-hybridized carbons (Fsp3) is 0.0357. The molecular formula is C28H23N3O3S. The van der Waals surface area contributed by atoms with Gasteiger partial charge >= 0.3 is 6.03 Å². The summed E-state index contributed by atoms with van der Waals surface area (Å²) < 4.78 is 30.2. The van der Waals surface area contributed by atoms with Gasteiger partial charge in [0.25, 0.3) is 10.0 Å². The van der Waals surface area contributed by atoms with Crippen LogP contribution in [0.15, 0.2) is 126 Å². The van der Waals surface area contributed by atoms with Crippen molar-refractivity contribution >= 4 is 38.3 Å². The molecule has 0 aliphatic rings. The molecule has 7 heteroatoms. The van der Waals surface area contributed by atoms with E-state index in [1.54, 1.807) is 83.6 Å². The van der Waals surface area contributed by atoms with E-state index >= 15 is 0 Å². The first-order chi connectivity index (χ1) is 17.0. The molecule has 1 N–H and O–H groups in total. The van der Waals surface area contributed by atoms with Crippen molar-refractivity contribution in [2.24, 2.45) is 0 Å². The average molecular weight is 482 g/mol. The second-order valence-corrected chi connectivity index (χ2v) is 9.77. The third-order valence-corrected chi connectivity index (χ3v) is 7.48. The highest BCUT2D eigenvalue weighted by atomic mass is 32.2. The fourth-order valence-corrected chi connectivity index (χ4v) is 5.45. The van der Waals surface area contributed by atoms with Crippen molar-refractivity contribution in [1.82, 2.24) is 9.88 Å². The number of rotatable bonds is 6. The Labute approximate surface area is 204 Å². The quantitative estimate of drug-likeness (QED) is 0.327. The van der Waals surface area contributed by atoms with Crippen LogP contribution in [0.2, 0.25) is 0 Å². The lowest BCUT2D eigenvalue weighted by Crippen LogP contribution is -2.27. The zero-order chi connectivity index (χ0) is 24.3. The highest BCUT2D eigenvalue weighted by Gasteiger charge is 2.26. The van der Waals surface area contributed by atoms with Crippen LogP contribution in [0.1, 0.15) is 5.56 Å². The summed E-state index contributed by atoms with van der Waals surface area (Å²) in [7, 11) is -3.87. The van der Waals surface area contributed by atoms with Gasteiger partial charge in [-0.25, -0.2) is 17.5 Å². The number of sulfonamides is 1. The van der Waals surface area contributed by atoms with Gasteiger partial charge in [0.1, 0.15) is 0 Å². The fourth-order valence-electron chi connectivity index (χ4n) is 3.96. The normalized spacial score (nSPS) is 11.3. The summed E-state index contributed by atoms with van der Waals surface area (Å²) in [5.41, 5.74) is 2.72. The summed E-state index contributed by atoms with van der Waals surface area (Å²) in [6.45, 7) is 0.271. The van der Waals surface area contributed by atoms with Crippen LogP contribution in [0.5, 0.6) is 0 Å². The Morgan fingerprint density at radius 3 is 1.91 bits per heavy atom. The molecular weight excluding hydrogens is 458 g/mol. The molecule has 5 aromatic rings. The second kappa shape index (κ2) is 9.48. The molecule has 1 aromatic heterocycles. The maximum atomic E-state index is 13.6. The minimum Gasteiger partial charge on any atom is -0.333 e.